The van der Waals surface area contributed by atoms with Crippen LogP contribution >= 0.6 is 34.5 Å². The fraction of sp³-hybridized carbons (Fsp3) is 0. The maximum atomic E-state index is 12.2. The van der Waals surface area contributed by atoms with Crippen LogP contribution in [0.3, 0.4) is 0 Å². The Bertz CT molecular complexity index is 1090. The van der Waals surface area contributed by atoms with Gasteiger partial charge in [0.2, 0.25) is 0 Å². The predicted octanol–water partition coefficient (Wildman–Crippen LogP) is 6.91. The van der Waals surface area contributed by atoms with E-state index in [9.17, 15) is 4.79 Å². The third-order valence-corrected chi connectivity index (χ3v) is 5.50. The van der Waals surface area contributed by atoms with Crippen LogP contribution in [-0.2, 0) is 0 Å². The first-order valence-electron chi connectivity index (χ1n) is 8.07. The average molecular weight is 414 g/mol. The van der Waals surface area contributed by atoms with E-state index >= 15 is 0 Å². The van der Waals surface area contributed by atoms with Crippen molar-refractivity contribution in [2.75, 3.05) is 10.6 Å². The molecule has 134 valence electrons. The van der Waals surface area contributed by atoms with Crippen molar-refractivity contribution in [3.63, 3.8) is 0 Å². The minimum atomic E-state index is -0.382. The van der Waals surface area contributed by atoms with Gasteiger partial charge in [0.25, 0.3) is 0 Å². The number of thiazole rings is 1. The number of hydrogen-bond acceptors (Lipinski definition) is 3. The lowest BCUT2D eigenvalue weighted by molar-refractivity contribution is 0.262. The predicted molar refractivity (Wildman–Crippen MR) is 114 cm³/mol. The van der Waals surface area contributed by atoms with Crippen LogP contribution in [0.1, 0.15) is 0 Å². The van der Waals surface area contributed by atoms with Gasteiger partial charge in [-0.1, -0.05) is 35.3 Å². The summed E-state index contributed by atoms with van der Waals surface area (Å²) in [5, 5.41) is 7.31. The Balaban J connectivity index is 1.46. The van der Waals surface area contributed by atoms with Crippen molar-refractivity contribution in [3.8, 4) is 10.6 Å². The van der Waals surface area contributed by atoms with Crippen LogP contribution < -0.4 is 10.6 Å². The molecule has 3 aromatic carbocycles. The molecular formula is C20H13Cl2N3OS. The normalized spacial score (nSPS) is 10.7. The van der Waals surface area contributed by atoms with Crippen LogP contribution in [0.4, 0.5) is 16.2 Å². The summed E-state index contributed by atoms with van der Waals surface area (Å²) in [5.41, 5.74) is 3.15. The van der Waals surface area contributed by atoms with Crippen LogP contribution in [0.2, 0.25) is 10.0 Å². The van der Waals surface area contributed by atoms with Gasteiger partial charge in [0.05, 0.1) is 20.9 Å². The Hall–Kier alpha value is -2.60. The highest BCUT2D eigenvalue weighted by atomic mass is 35.5. The van der Waals surface area contributed by atoms with Crippen LogP contribution in [0.15, 0.2) is 66.7 Å². The molecule has 0 saturated carbocycles. The lowest BCUT2D eigenvalue weighted by atomic mass is 10.2. The van der Waals surface area contributed by atoms with Crippen molar-refractivity contribution < 1.29 is 4.79 Å². The second-order valence-electron chi connectivity index (χ2n) is 5.77. The number of benzene rings is 3. The molecule has 0 radical (unpaired) electrons. The summed E-state index contributed by atoms with van der Waals surface area (Å²) < 4.78 is 1.15. The topological polar surface area (TPSA) is 54.0 Å². The Morgan fingerprint density at radius 1 is 0.926 bits per heavy atom. The van der Waals surface area contributed by atoms with E-state index in [-0.39, 0.29) is 6.03 Å². The summed E-state index contributed by atoms with van der Waals surface area (Å²) >= 11 is 13.6. The molecule has 7 heteroatoms. The van der Waals surface area contributed by atoms with Crippen LogP contribution in [0.5, 0.6) is 0 Å². The van der Waals surface area contributed by atoms with Crippen molar-refractivity contribution in [3.05, 3.63) is 76.8 Å². The number of carbonyl (C=O) groups is 1. The van der Waals surface area contributed by atoms with Crippen molar-refractivity contribution >= 4 is 62.2 Å². The van der Waals surface area contributed by atoms with Crippen molar-refractivity contribution in [1.29, 1.82) is 0 Å². The number of nitrogens with zero attached hydrogens (tertiary/aromatic N) is 1. The van der Waals surface area contributed by atoms with Gasteiger partial charge in [0, 0.05) is 16.3 Å². The number of nitrogens with one attached hydrogen (secondary N) is 2. The van der Waals surface area contributed by atoms with Gasteiger partial charge in [0.1, 0.15) is 5.01 Å². The minimum absolute atomic E-state index is 0.379. The molecular weight excluding hydrogens is 401 g/mol. The number of anilines is 2. The van der Waals surface area contributed by atoms with E-state index in [1.807, 2.05) is 42.5 Å². The zero-order valence-electron chi connectivity index (χ0n) is 13.9. The molecule has 1 aromatic heterocycles. The quantitative estimate of drug-likeness (QED) is 0.383. The number of amides is 2. The number of halogens is 2. The maximum Gasteiger partial charge on any atom is 0.323 e. The molecule has 2 amide bonds. The van der Waals surface area contributed by atoms with E-state index in [1.54, 1.807) is 29.5 Å². The van der Waals surface area contributed by atoms with Gasteiger partial charge in [-0.25, -0.2) is 9.78 Å². The summed E-state index contributed by atoms with van der Waals surface area (Å²) in [6, 6.07) is 20.1. The molecule has 2 N–H and O–H groups in total. The average Bonchev–Trinajstić information content (AvgIpc) is 3.09. The zero-order valence-corrected chi connectivity index (χ0v) is 16.2. The number of urea groups is 1. The van der Waals surface area contributed by atoms with Gasteiger partial charge in [-0.3, -0.25) is 0 Å². The van der Waals surface area contributed by atoms with Gasteiger partial charge in [-0.2, -0.15) is 0 Å². The number of rotatable bonds is 3. The summed E-state index contributed by atoms with van der Waals surface area (Å²) in [4.78, 5) is 16.8. The van der Waals surface area contributed by atoms with E-state index in [4.69, 9.17) is 23.2 Å². The molecule has 0 saturated heterocycles. The number of fused-ring (bicyclic) bond motifs is 1. The second kappa shape index (κ2) is 7.56. The first-order valence-corrected chi connectivity index (χ1v) is 9.65. The Morgan fingerprint density at radius 3 is 2.44 bits per heavy atom. The molecule has 0 aliphatic heterocycles. The highest BCUT2D eigenvalue weighted by Gasteiger charge is 2.08. The van der Waals surface area contributed by atoms with Gasteiger partial charge in [-0.05, 0) is 54.6 Å². The molecule has 0 aliphatic rings. The van der Waals surface area contributed by atoms with E-state index in [0.717, 1.165) is 20.8 Å². The van der Waals surface area contributed by atoms with Crippen LogP contribution in [0.25, 0.3) is 20.8 Å². The lowest BCUT2D eigenvalue weighted by Gasteiger charge is -2.09. The number of hydrogen-bond donors (Lipinski definition) is 2. The Morgan fingerprint density at radius 2 is 1.70 bits per heavy atom. The van der Waals surface area contributed by atoms with Crippen LogP contribution in [0, 0.1) is 0 Å². The van der Waals surface area contributed by atoms with Gasteiger partial charge in [0.15, 0.2) is 0 Å². The Labute approximate surface area is 169 Å². The van der Waals surface area contributed by atoms with Crippen molar-refractivity contribution in [2.45, 2.75) is 0 Å². The summed E-state index contributed by atoms with van der Waals surface area (Å²) in [6.45, 7) is 0. The summed E-state index contributed by atoms with van der Waals surface area (Å²) in [6.07, 6.45) is 0. The number of para-hydroxylation sites is 1. The Kier molecular flexibility index (Phi) is 4.99. The first kappa shape index (κ1) is 17.8. The first-order chi connectivity index (χ1) is 13.1. The van der Waals surface area contributed by atoms with E-state index < -0.39 is 0 Å². The van der Waals surface area contributed by atoms with E-state index in [2.05, 4.69) is 21.7 Å². The van der Waals surface area contributed by atoms with E-state index in [0.29, 0.717) is 21.4 Å². The third-order valence-electron chi connectivity index (χ3n) is 3.86. The zero-order chi connectivity index (χ0) is 18.8. The fourth-order valence-electron chi connectivity index (χ4n) is 2.57. The maximum absolute atomic E-state index is 12.2. The monoisotopic (exact) mass is 413 g/mol. The number of carbonyl (C=O) groups excluding carboxylic acids is 1. The van der Waals surface area contributed by atoms with Gasteiger partial charge in [-0.15, -0.1) is 11.3 Å². The molecule has 0 fully saturated rings. The molecule has 0 aliphatic carbocycles. The molecule has 1 heterocycles. The van der Waals surface area contributed by atoms with Crippen LogP contribution in [-0.4, -0.2) is 11.0 Å². The molecule has 0 unspecified atom stereocenters. The number of aromatic nitrogens is 1. The molecule has 27 heavy (non-hydrogen) atoms. The molecule has 0 spiro atoms. The van der Waals surface area contributed by atoms with Gasteiger partial charge >= 0.3 is 6.03 Å². The van der Waals surface area contributed by atoms with Crippen molar-refractivity contribution in [1.82, 2.24) is 4.98 Å². The molecule has 0 atom stereocenters. The summed E-state index contributed by atoms with van der Waals surface area (Å²) in [5.74, 6) is 0. The molecule has 4 aromatic rings. The highest BCUT2D eigenvalue weighted by Crippen LogP contribution is 2.30. The lowest BCUT2D eigenvalue weighted by Crippen LogP contribution is -2.19. The standard InChI is InChI=1S/C20H13Cl2N3OS/c21-13-7-10-16(15(22)11-13)25-20(26)23-14-8-5-12(6-9-14)19-24-17-3-1-2-4-18(17)27-19/h1-11H,(H2,23,25,26). The smallest absolute Gasteiger partial charge is 0.308 e. The highest BCUT2D eigenvalue weighted by molar-refractivity contribution is 7.21. The third kappa shape index (κ3) is 4.06. The molecule has 4 rings (SSSR count). The molecule has 0 bridgehead atoms. The molecule has 4 nitrogen and oxygen atoms in total. The SMILES string of the molecule is O=C(Nc1ccc(-c2nc3ccccc3s2)cc1)Nc1ccc(Cl)cc1Cl. The van der Waals surface area contributed by atoms with Gasteiger partial charge < -0.3 is 10.6 Å². The fourth-order valence-corrected chi connectivity index (χ4v) is 3.99. The summed E-state index contributed by atoms with van der Waals surface area (Å²) in [7, 11) is 0. The largest absolute Gasteiger partial charge is 0.323 e. The second-order valence-corrected chi connectivity index (χ2v) is 7.64. The van der Waals surface area contributed by atoms with E-state index in [1.165, 1.54) is 0 Å². The van der Waals surface area contributed by atoms with Crippen molar-refractivity contribution in [2.24, 2.45) is 0 Å². The minimum Gasteiger partial charge on any atom is -0.308 e.